The number of aromatic nitrogens is 5. The Morgan fingerprint density at radius 2 is 1.32 bits per heavy atom. The number of unbranched alkanes of at least 4 members (excludes halogenated alkanes) is 1. The van der Waals surface area contributed by atoms with E-state index < -0.39 is 133 Å². The fourth-order valence-corrected chi connectivity index (χ4v) is 8.39. The molecule has 0 aromatic carbocycles. The molecule has 2 aromatic heterocycles. The van der Waals surface area contributed by atoms with Crippen molar-refractivity contribution in [2.75, 3.05) is 65.9 Å². The molecular weight excluding hydrogens is 1210 g/mol. The molecule has 516 valence electrons. The second-order valence-corrected chi connectivity index (χ2v) is 22.1. The predicted molar refractivity (Wildman–Crippen MR) is 325 cm³/mol. The average molecular weight is 1310 g/mol. The summed E-state index contributed by atoms with van der Waals surface area (Å²) in [6.45, 7) is 7.63. The quantitative estimate of drug-likeness (QED) is 0.0130. The third kappa shape index (κ3) is 34.9. The Kier molecular flexibility index (Phi) is 38.3. The Balaban J connectivity index is 1.89. The largest absolute Gasteiger partial charge is 0.481 e. The summed E-state index contributed by atoms with van der Waals surface area (Å²) in [7, 11) is 0. The number of aliphatic imine (C=N–C) groups is 1. The lowest BCUT2D eigenvalue weighted by Crippen LogP contribution is -2.60. The SMILES string of the molecule is CC(C)C[C@H](NC(=O)[C@H](CC(=O)O)NC(=O)CNC(=O)[C@H](C)N)C(=O)N[C@@H](Cc1cnc[nH]1)C(=O)N[C@H](C(=O)N[C@@H](CCCN=C(N)N)C(=O)NCCOCCOCCOC(=O)CCC(=O)N[C@@H](CCCCNC(=O)CCn1cc(CCC[18F])nn1)C(=O)O)C(C)C. The van der Waals surface area contributed by atoms with Crippen molar-refractivity contribution in [3.05, 3.63) is 30.1 Å². The number of esters is 1. The molecule has 0 unspecified atom stereocenters. The monoisotopic (exact) mass is 1310 g/mol. The maximum Gasteiger partial charge on any atom is 0.326 e. The van der Waals surface area contributed by atoms with Crippen LogP contribution in [0.2, 0.25) is 0 Å². The van der Waals surface area contributed by atoms with Crippen molar-refractivity contribution < 1.29 is 86.3 Å². The van der Waals surface area contributed by atoms with Crippen LogP contribution in [0.25, 0.3) is 0 Å². The van der Waals surface area contributed by atoms with E-state index in [9.17, 15) is 72.1 Å². The normalized spacial score (nSPS) is 13.4. The van der Waals surface area contributed by atoms with Gasteiger partial charge in [0.05, 0.1) is 77.1 Å². The van der Waals surface area contributed by atoms with Gasteiger partial charge in [-0.05, 0) is 70.1 Å². The minimum atomic E-state index is -1.70. The first kappa shape index (κ1) is 79.2. The molecule has 0 aliphatic carbocycles. The number of halogens is 1. The molecule has 0 bridgehead atoms. The fraction of sp³-hybridized carbons (Fsp3) is 0.679. The van der Waals surface area contributed by atoms with E-state index in [-0.39, 0.29) is 128 Å². The van der Waals surface area contributed by atoms with Gasteiger partial charge in [0.25, 0.3) is 0 Å². The first-order valence-electron chi connectivity index (χ1n) is 30.3. The maximum atomic E-state index is 14.2. The van der Waals surface area contributed by atoms with Crippen molar-refractivity contribution in [1.82, 2.24) is 72.8 Å². The van der Waals surface area contributed by atoms with Gasteiger partial charge in [0, 0.05) is 57.0 Å². The Hall–Kier alpha value is -8.93. The zero-order valence-electron chi connectivity index (χ0n) is 52.8. The van der Waals surface area contributed by atoms with E-state index >= 15 is 0 Å². The zero-order valence-corrected chi connectivity index (χ0v) is 52.8. The number of H-pyrrole nitrogens is 1. The van der Waals surface area contributed by atoms with Gasteiger partial charge in [0.15, 0.2) is 5.96 Å². The first-order chi connectivity index (χ1) is 43.7. The fourth-order valence-electron chi connectivity index (χ4n) is 8.39. The van der Waals surface area contributed by atoms with Crippen LogP contribution in [0, 0.1) is 11.8 Å². The van der Waals surface area contributed by atoms with E-state index in [1.165, 1.54) is 24.1 Å². The number of nitrogens with zero attached hydrogens (tertiary/aromatic N) is 5. The third-order valence-electron chi connectivity index (χ3n) is 13.2. The zero-order chi connectivity index (χ0) is 68.5. The highest BCUT2D eigenvalue weighted by atomic mass is 18.2. The number of aliphatic carboxylic acids is 2. The number of alkyl halides is 1. The molecule has 0 radical (unpaired) electrons. The van der Waals surface area contributed by atoms with Crippen LogP contribution in [0.1, 0.15) is 117 Å². The summed E-state index contributed by atoms with van der Waals surface area (Å²) >= 11 is 0. The molecule has 92 heavy (non-hydrogen) atoms. The summed E-state index contributed by atoms with van der Waals surface area (Å²) in [5.41, 5.74) is 17.5. The summed E-state index contributed by atoms with van der Waals surface area (Å²) in [6.07, 6.45) is 4.73. The van der Waals surface area contributed by atoms with Crippen molar-refractivity contribution in [1.29, 1.82) is 0 Å². The van der Waals surface area contributed by atoms with Crippen molar-refractivity contribution in [2.24, 2.45) is 34.0 Å². The van der Waals surface area contributed by atoms with Crippen molar-refractivity contribution in [3.8, 4) is 0 Å². The number of rotatable bonds is 49. The molecule has 2 rings (SSSR count). The van der Waals surface area contributed by atoms with E-state index in [0.717, 1.165) is 0 Å². The standard InChI is InChI=1S/C56H93FN18O17/c1-33(2)26-40(70-52(85)42(28-46(79)80)68-45(78)30-65-49(82)35(5)58)51(84)71-41(27-37-29-61-32-66-37)53(86)72-48(34(3)4)54(87)69-38(12-9-18-64-56(59)60)50(83)63-19-21-90-22-23-91-24-25-92-47(81)14-13-44(77)67-39(55(88)89)11-6-7-17-62-43(76)15-20-75-31-36(73-74-75)10-8-16-57/h29,31-35,38-42,48H,6-28,30,58H2,1-5H3,(H,61,66)(H,62,76)(H,63,83)(H,65,82)(H,67,77)(H,68,78)(H,69,87)(H,70,85)(H,71,84)(H,72,86)(H,79,80)(H,88,89)(H4,59,60,64)/t35-,38-,39-,40-,41-,42-,48-/m0/s1/i57-1. The van der Waals surface area contributed by atoms with Crippen LogP contribution in [-0.4, -0.2) is 220 Å². The van der Waals surface area contributed by atoms with Crippen molar-refractivity contribution in [3.63, 3.8) is 0 Å². The topological polar surface area (TPSA) is 531 Å². The van der Waals surface area contributed by atoms with Crippen LogP contribution in [0.3, 0.4) is 0 Å². The number of carbonyl (C=O) groups excluding carboxylic acids is 10. The highest BCUT2D eigenvalue weighted by molar-refractivity contribution is 5.98. The van der Waals surface area contributed by atoms with Crippen LogP contribution in [0.5, 0.6) is 0 Å². The lowest BCUT2D eigenvalue weighted by Gasteiger charge is -2.28. The molecule has 18 N–H and O–H groups in total. The van der Waals surface area contributed by atoms with Gasteiger partial charge in [-0.2, -0.15) is 0 Å². The number of carboxylic acids is 2. The summed E-state index contributed by atoms with van der Waals surface area (Å²) in [5.74, 6) is -11.2. The highest BCUT2D eigenvalue weighted by Crippen LogP contribution is 2.12. The number of carboxylic acid groups (broad SMARTS) is 2. The van der Waals surface area contributed by atoms with E-state index in [2.05, 4.69) is 73.1 Å². The second-order valence-electron chi connectivity index (χ2n) is 22.1. The Morgan fingerprint density at radius 1 is 0.663 bits per heavy atom. The Morgan fingerprint density at radius 3 is 1.96 bits per heavy atom. The van der Waals surface area contributed by atoms with Gasteiger partial charge in [-0.15, -0.1) is 5.10 Å². The highest BCUT2D eigenvalue weighted by Gasteiger charge is 2.35. The third-order valence-corrected chi connectivity index (χ3v) is 13.2. The van der Waals surface area contributed by atoms with E-state index in [4.69, 9.17) is 31.4 Å². The van der Waals surface area contributed by atoms with Gasteiger partial charge in [0.2, 0.25) is 53.2 Å². The number of aryl methyl sites for hydroxylation is 2. The number of hydrogen-bond acceptors (Lipinski definition) is 20. The van der Waals surface area contributed by atoms with Gasteiger partial charge in [-0.1, -0.05) is 32.9 Å². The van der Waals surface area contributed by atoms with Crippen LogP contribution >= 0.6 is 0 Å². The minimum absolute atomic E-state index is 0.00605. The molecule has 9 amide bonds. The molecule has 0 fully saturated rings. The van der Waals surface area contributed by atoms with Gasteiger partial charge in [-0.3, -0.25) is 66.8 Å². The second kappa shape index (κ2) is 44.5. The number of guanidine groups is 1. The van der Waals surface area contributed by atoms with Crippen LogP contribution in [0.15, 0.2) is 23.7 Å². The van der Waals surface area contributed by atoms with Crippen molar-refractivity contribution in [2.45, 2.75) is 167 Å². The van der Waals surface area contributed by atoms with E-state index in [1.54, 1.807) is 33.9 Å². The molecular formula is C56H93FN18O17. The average Bonchev–Trinajstić information content (AvgIpc) is 1.22. The number of aromatic amines is 1. The molecule has 35 nitrogen and oxygen atoms in total. The molecule has 2 aromatic rings. The molecule has 36 heteroatoms. The number of nitrogens with two attached hydrogens (primary N) is 3. The minimum Gasteiger partial charge on any atom is -0.481 e. The molecule has 2 heterocycles. The lowest BCUT2D eigenvalue weighted by molar-refractivity contribution is -0.147. The number of imidazole rings is 1. The number of hydrogen-bond donors (Lipinski definition) is 15. The Bertz CT molecular complexity index is 2690. The summed E-state index contributed by atoms with van der Waals surface area (Å²) in [5, 5.41) is 49.8. The summed E-state index contributed by atoms with van der Waals surface area (Å²) in [4.78, 5) is 165. The molecule has 0 spiro atoms. The van der Waals surface area contributed by atoms with E-state index in [0.29, 0.717) is 37.1 Å². The molecule has 0 saturated carbocycles. The van der Waals surface area contributed by atoms with Gasteiger partial charge in [0.1, 0.15) is 42.9 Å². The maximum absolute atomic E-state index is 14.2. The lowest BCUT2D eigenvalue weighted by atomic mass is 10.00. The summed E-state index contributed by atoms with van der Waals surface area (Å²) in [6, 6.07) is -9.14. The van der Waals surface area contributed by atoms with Crippen LogP contribution in [-0.2, 0) is 91.1 Å². The predicted octanol–water partition coefficient (Wildman–Crippen LogP) is -4.02. The molecule has 0 saturated heterocycles. The summed E-state index contributed by atoms with van der Waals surface area (Å²) < 4.78 is 30.0. The van der Waals surface area contributed by atoms with E-state index in [1.807, 2.05) is 0 Å². The van der Waals surface area contributed by atoms with Gasteiger partial charge < -0.3 is 94.5 Å². The number of amides is 9. The first-order valence-corrected chi connectivity index (χ1v) is 30.3. The molecule has 0 aliphatic rings. The molecule has 7 atom stereocenters. The van der Waals surface area contributed by atoms with Gasteiger partial charge >= 0.3 is 17.9 Å². The smallest absolute Gasteiger partial charge is 0.326 e. The number of ether oxygens (including phenoxy) is 3. The van der Waals surface area contributed by atoms with Crippen LogP contribution < -0.4 is 65.1 Å². The Labute approximate surface area is 531 Å². The molecule has 0 aliphatic heterocycles. The van der Waals surface area contributed by atoms with Gasteiger partial charge in [-0.25, -0.2) is 9.78 Å². The van der Waals surface area contributed by atoms with Crippen molar-refractivity contribution >= 4 is 77.0 Å². The number of nitrogens with one attached hydrogen (secondary N) is 10. The number of carbonyl (C=O) groups is 12. The van der Waals surface area contributed by atoms with Crippen LogP contribution in [0.4, 0.5) is 4.39 Å².